The van der Waals surface area contributed by atoms with E-state index in [0.717, 1.165) is 17.9 Å². The van der Waals surface area contributed by atoms with Gasteiger partial charge in [0.15, 0.2) is 5.82 Å². The Labute approximate surface area is 194 Å². The van der Waals surface area contributed by atoms with E-state index < -0.39 is 0 Å². The fraction of sp³-hybridized carbons (Fsp3) is 0.214. The fourth-order valence-electron chi connectivity index (χ4n) is 4.34. The van der Waals surface area contributed by atoms with Gasteiger partial charge in [-0.2, -0.15) is 5.10 Å². The lowest BCUT2D eigenvalue weighted by atomic mass is 9.99. The number of benzene rings is 2. The summed E-state index contributed by atoms with van der Waals surface area (Å²) in [6.45, 7) is 5.66. The molecule has 0 unspecified atom stereocenters. The molecule has 0 atom stereocenters. The molecule has 1 amide bonds. The molecule has 0 radical (unpaired) electrons. The van der Waals surface area contributed by atoms with E-state index in [1.807, 2.05) is 44.7 Å². The van der Waals surface area contributed by atoms with Gasteiger partial charge in [-0.15, -0.1) is 0 Å². The predicted molar refractivity (Wildman–Crippen MR) is 132 cm³/mol. The molecule has 2 aromatic heterocycles. The Morgan fingerprint density at radius 2 is 1.67 bits per heavy atom. The van der Waals surface area contributed by atoms with E-state index in [1.165, 1.54) is 16.7 Å². The summed E-state index contributed by atoms with van der Waals surface area (Å²) >= 11 is 0. The molecule has 0 saturated carbocycles. The minimum atomic E-state index is 0.00659. The van der Waals surface area contributed by atoms with Crippen molar-refractivity contribution in [1.82, 2.24) is 19.2 Å². The minimum absolute atomic E-state index is 0.00659. The molecule has 2 aromatic carbocycles. The molecule has 0 spiro atoms. The van der Waals surface area contributed by atoms with Crippen LogP contribution in [-0.4, -0.2) is 38.2 Å². The summed E-state index contributed by atoms with van der Waals surface area (Å²) in [7, 11) is 0. The molecule has 0 aliphatic carbocycles. The smallest absolute Gasteiger partial charge is 0.259 e. The van der Waals surface area contributed by atoms with Gasteiger partial charge in [-0.05, 0) is 53.3 Å². The summed E-state index contributed by atoms with van der Waals surface area (Å²) in [5, 5.41) is 4.63. The maximum atomic E-state index is 13.6. The Kier molecular flexibility index (Phi) is 5.69. The number of carbonyl (C=O) groups excluding carboxylic acids is 1. The molecule has 3 heterocycles. The van der Waals surface area contributed by atoms with E-state index in [4.69, 9.17) is 0 Å². The summed E-state index contributed by atoms with van der Waals surface area (Å²) in [5.74, 6) is 1.23. The number of nitrogens with zero attached hydrogens (tertiary/aromatic N) is 4. The molecule has 0 N–H and O–H groups in total. The quantitative estimate of drug-likeness (QED) is 0.402. The van der Waals surface area contributed by atoms with Gasteiger partial charge in [-0.1, -0.05) is 62.4 Å². The van der Waals surface area contributed by atoms with Crippen LogP contribution < -0.4 is 0 Å². The number of aromatic nitrogens is 3. The predicted octanol–water partition coefficient (Wildman–Crippen LogP) is 5.72. The number of hydrogen-bond acceptors (Lipinski definition) is 2. The molecular weight excluding hydrogens is 408 g/mol. The van der Waals surface area contributed by atoms with Crippen LogP contribution in [0.25, 0.3) is 17.1 Å². The second kappa shape index (κ2) is 8.94. The van der Waals surface area contributed by atoms with Crippen LogP contribution in [0.5, 0.6) is 0 Å². The SMILES string of the molecule is CC(C)c1ccc(-n2ncc(C(=O)N3CC=C(c4ccccc4)CC3)c2-n2cccc2)cc1. The van der Waals surface area contributed by atoms with Gasteiger partial charge in [0.25, 0.3) is 5.91 Å². The van der Waals surface area contributed by atoms with Crippen molar-refractivity contribution in [2.75, 3.05) is 13.1 Å². The standard InChI is InChI=1S/C28H28N4O/c1-21(2)22-10-12-25(13-11-22)32-27(30-16-6-7-17-30)26(20-29-32)28(33)31-18-14-24(15-19-31)23-8-4-3-5-9-23/h3-14,16-17,20-21H,15,18-19H2,1-2H3. The van der Waals surface area contributed by atoms with E-state index in [2.05, 4.69) is 73.6 Å². The maximum Gasteiger partial charge on any atom is 0.259 e. The highest BCUT2D eigenvalue weighted by Crippen LogP contribution is 2.26. The van der Waals surface area contributed by atoms with Crippen LogP contribution in [-0.2, 0) is 0 Å². The van der Waals surface area contributed by atoms with Crippen molar-refractivity contribution in [3.63, 3.8) is 0 Å². The molecule has 0 bridgehead atoms. The summed E-state index contributed by atoms with van der Waals surface area (Å²) < 4.78 is 3.82. The van der Waals surface area contributed by atoms with E-state index in [9.17, 15) is 4.79 Å². The molecule has 166 valence electrons. The van der Waals surface area contributed by atoms with Crippen LogP contribution in [0, 0.1) is 0 Å². The van der Waals surface area contributed by atoms with Crippen LogP contribution in [0.3, 0.4) is 0 Å². The first-order valence-electron chi connectivity index (χ1n) is 11.5. The van der Waals surface area contributed by atoms with Crippen molar-refractivity contribution in [3.05, 3.63) is 108 Å². The zero-order valence-electron chi connectivity index (χ0n) is 19.1. The Bertz CT molecular complexity index is 1270. The Hall–Kier alpha value is -3.86. The zero-order chi connectivity index (χ0) is 22.8. The zero-order valence-corrected chi connectivity index (χ0v) is 19.1. The Morgan fingerprint density at radius 3 is 2.30 bits per heavy atom. The van der Waals surface area contributed by atoms with E-state index in [1.54, 1.807) is 6.20 Å². The van der Waals surface area contributed by atoms with Gasteiger partial charge in [0, 0.05) is 25.5 Å². The number of hydrogen-bond donors (Lipinski definition) is 0. The lowest BCUT2D eigenvalue weighted by Crippen LogP contribution is -2.35. The van der Waals surface area contributed by atoms with E-state index >= 15 is 0 Å². The van der Waals surface area contributed by atoms with Gasteiger partial charge in [0.05, 0.1) is 11.9 Å². The van der Waals surface area contributed by atoms with E-state index in [0.29, 0.717) is 24.6 Å². The Balaban J connectivity index is 1.46. The highest BCUT2D eigenvalue weighted by Gasteiger charge is 2.25. The first kappa shape index (κ1) is 21.0. The van der Waals surface area contributed by atoms with Crippen molar-refractivity contribution in [2.45, 2.75) is 26.2 Å². The third-order valence-electron chi connectivity index (χ3n) is 6.27. The first-order valence-corrected chi connectivity index (χ1v) is 11.5. The van der Waals surface area contributed by atoms with E-state index in [-0.39, 0.29) is 5.91 Å². The Morgan fingerprint density at radius 1 is 0.939 bits per heavy atom. The molecule has 5 nitrogen and oxygen atoms in total. The molecule has 1 aliphatic heterocycles. The summed E-state index contributed by atoms with van der Waals surface area (Å²) in [4.78, 5) is 15.5. The molecule has 4 aromatic rings. The third kappa shape index (κ3) is 4.14. The van der Waals surface area contributed by atoms with Crippen molar-refractivity contribution in [2.24, 2.45) is 0 Å². The lowest BCUT2D eigenvalue weighted by molar-refractivity contribution is 0.0773. The molecule has 5 rings (SSSR count). The van der Waals surface area contributed by atoms with Crippen molar-refractivity contribution < 1.29 is 4.79 Å². The molecule has 0 fully saturated rings. The first-order chi connectivity index (χ1) is 16.1. The molecular formula is C28H28N4O. The molecule has 5 heteroatoms. The number of carbonyl (C=O) groups is 1. The molecule has 0 saturated heterocycles. The van der Waals surface area contributed by atoms with Crippen LogP contribution in [0.1, 0.15) is 47.7 Å². The third-order valence-corrected chi connectivity index (χ3v) is 6.27. The van der Waals surface area contributed by atoms with Gasteiger partial charge in [0.2, 0.25) is 0 Å². The van der Waals surface area contributed by atoms with Crippen molar-refractivity contribution >= 4 is 11.5 Å². The van der Waals surface area contributed by atoms with Crippen LogP contribution >= 0.6 is 0 Å². The molecule has 1 aliphatic rings. The normalized spacial score (nSPS) is 13.9. The minimum Gasteiger partial charge on any atom is -0.334 e. The van der Waals surface area contributed by atoms with Crippen LogP contribution in [0.15, 0.2) is 91.4 Å². The summed E-state index contributed by atoms with van der Waals surface area (Å²) in [5.41, 5.74) is 5.35. The maximum absolute atomic E-state index is 13.6. The summed E-state index contributed by atoms with van der Waals surface area (Å²) in [6.07, 6.45) is 8.62. The highest BCUT2D eigenvalue weighted by molar-refractivity contribution is 5.97. The van der Waals surface area contributed by atoms with Crippen molar-refractivity contribution in [1.29, 1.82) is 0 Å². The number of amides is 1. The lowest BCUT2D eigenvalue weighted by Gasteiger charge is -2.27. The summed E-state index contributed by atoms with van der Waals surface area (Å²) in [6, 6.07) is 22.7. The topological polar surface area (TPSA) is 43.1 Å². The number of rotatable bonds is 5. The van der Waals surface area contributed by atoms with Gasteiger partial charge < -0.3 is 9.47 Å². The second-order valence-corrected chi connectivity index (χ2v) is 8.73. The largest absolute Gasteiger partial charge is 0.334 e. The highest BCUT2D eigenvalue weighted by atomic mass is 16.2. The molecule has 33 heavy (non-hydrogen) atoms. The van der Waals surface area contributed by atoms with Gasteiger partial charge in [-0.25, -0.2) is 4.68 Å². The van der Waals surface area contributed by atoms with Crippen LogP contribution in [0.4, 0.5) is 0 Å². The van der Waals surface area contributed by atoms with Crippen LogP contribution in [0.2, 0.25) is 0 Å². The average Bonchev–Trinajstić information content (AvgIpc) is 3.54. The van der Waals surface area contributed by atoms with Crippen molar-refractivity contribution in [3.8, 4) is 11.5 Å². The average molecular weight is 437 g/mol. The van der Waals surface area contributed by atoms with Gasteiger partial charge in [-0.3, -0.25) is 4.79 Å². The monoisotopic (exact) mass is 436 g/mol. The van der Waals surface area contributed by atoms with Gasteiger partial charge >= 0.3 is 0 Å². The second-order valence-electron chi connectivity index (χ2n) is 8.73. The van der Waals surface area contributed by atoms with Gasteiger partial charge in [0.1, 0.15) is 5.56 Å². The fourth-order valence-corrected chi connectivity index (χ4v) is 4.34.